The van der Waals surface area contributed by atoms with Crippen LogP contribution >= 0.6 is 11.8 Å². The summed E-state index contributed by atoms with van der Waals surface area (Å²) in [7, 11) is 0. The molecule has 0 bridgehead atoms. The van der Waals surface area contributed by atoms with E-state index >= 15 is 0 Å². The minimum absolute atomic E-state index is 0.00879. The van der Waals surface area contributed by atoms with Crippen LogP contribution in [0, 0.1) is 13.8 Å². The summed E-state index contributed by atoms with van der Waals surface area (Å²) in [4.78, 5) is 34.7. The molecule has 1 N–H and O–H groups in total. The molecule has 2 aromatic heterocycles. The Morgan fingerprint density at radius 3 is 2.92 bits per heavy atom. The van der Waals surface area contributed by atoms with Crippen molar-refractivity contribution >= 4 is 40.7 Å². The van der Waals surface area contributed by atoms with Crippen LogP contribution in [-0.4, -0.2) is 43.7 Å². The Hall–Kier alpha value is -2.94. The number of aryl methyl sites for hydroxylation is 2. The Balaban J connectivity index is 1.53. The first-order valence-electron chi connectivity index (χ1n) is 8.04. The van der Waals surface area contributed by atoms with Gasteiger partial charge in [0.2, 0.25) is 17.0 Å². The normalized spacial score (nSPS) is 13.6. The molecule has 0 spiro atoms. The van der Waals surface area contributed by atoms with Gasteiger partial charge in [0.1, 0.15) is 6.54 Å². The van der Waals surface area contributed by atoms with Gasteiger partial charge in [0.25, 0.3) is 5.78 Å². The van der Waals surface area contributed by atoms with E-state index in [4.69, 9.17) is 0 Å². The van der Waals surface area contributed by atoms with Crippen molar-refractivity contribution < 1.29 is 9.59 Å². The van der Waals surface area contributed by atoms with E-state index in [9.17, 15) is 9.59 Å². The number of fused-ring (bicyclic) bond motifs is 2. The molecule has 3 heterocycles. The number of hydrogen-bond donors (Lipinski definition) is 1. The van der Waals surface area contributed by atoms with Crippen molar-refractivity contribution in [3.63, 3.8) is 0 Å². The highest BCUT2D eigenvalue weighted by Crippen LogP contribution is 2.29. The molecular formula is C17H16N6O2S. The average molecular weight is 368 g/mol. The van der Waals surface area contributed by atoms with E-state index in [1.807, 2.05) is 38.1 Å². The number of benzene rings is 1. The van der Waals surface area contributed by atoms with Gasteiger partial charge in [-0.1, -0.05) is 23.9 Å². The fraction of sp³-hybridized carbons (Fsp3) is 0.235. The highest BCUT2D eigenvalue weighted by molar-refractivity contribution is 7.99. The molecule has 0 saturated heterocycles. The highest BCUT2D eigenvalue weighted by atomic mass is 32.2. The maximum atomic E-state index is 12.7. The molecule has 0 aliphatic carbocycles. The largest absolute Gasteiger partial charge is 0.323 e. The van der Waals surface area contributed by atoms with Gasteiger partial charge in [-0.2, -0.15) is 4.98 Å². The second-order valence-electron chi connectivity index (χ2n) is 5.98. The summed E-state index contributed by atoms with van der Waals surface area (Å²) >= 11 is 1.23. The van der Waals surface area contributed by atoms with Gasteiger partial charge in [-0.25, -0.2) is 9.50 Å². The molecule has 4 rings (SSSR count). The molecule has 1 aromatic carbocycles. The number of carbonyl (C=O) groups excluding carboxylic acids is 2. The second-order valence-corrected chi connectivity index (χ2v) is 6.92. The minimum atomic E-state index is -0.205. The summed E-state index contributed by atoms with van der Waals surface area (Å²) in [5.74, 6) is 0.275. The van der Waals surface area contributed by atoms with Gasteiger partial charge in [0, 0.05) is 11.4 Å². The molecule has 8 nitrogen and oxygen atoms in total. The Morgan fingerprint density at radius 1 is 1.27 bits per heavy atom. The monoisotopic (exact) mass is 368 g/mol. The molecule has 0 unspecified atom stereocenters. The third-order valence-corrected chi connectivity index (χ3v) is 4.82. The standard InChI is InChI=1S/C17H16N6O2S/c1-10-7-11(2)23-16(18-10)20-17(21-23)26-9-15(25)22-8-14(24)19-12-5-3-4-6-13(12)22/h3-7H,8-9H2,1-2H3,(H,19,24). The van der Waals surface area contributed by atoms with Crippen LogP contribution in [0.4, 0.5) is 11.4 Å². The lowest BCUT2D eigenvalue weighted by molar-refractivity contribution is -0.120. The van der Waals surface area contributed by atoms with Crippen molar-refractivity contribution in [3.8, 4) is 0 Å². The Labute approximate surface area is 153 Å². The number of rotatable bonds is 3. The van der Waals surface area contributed by atoms with Crippen LogP contribution in [0.5, 0.6) is 0 Å². The van der Waals surface area contributed by atoms with Crippen molar-refractivity contribution in [1.82, 2.24) is 19.6 Å². The third kappa shape index (κ3) is 3.01. The van der Waals surface area contributed by atoms with Gasteiger partial charge in [-0.15, -0.1) is 5.10 Å². The molecule has 132 valence electrons. The van der Waals surface area contributed by atoms with Crippen LogP contribution in [0.1, 0.15) is 11.4 Å². The fourth-order valence-electron chi connectivity index (χ4n) is 2.87. The zero-order valence-corrected chi connectivity index (χ0v) is 15.1. The van der Waals surface area contributed by atoms with Crippen LogP contribution in [0.25, 0.3) is 5.78 Å². The molecule has 0 atom stereocenters. The lowest BCUT2D eigenvalue weighted by Crippen LogP contribution is -2.43. The Morgan fingerprint density at radius 2 is 2.08 bits per heavy atom. The first-order chi connectivity index (χ1) is 12.5. The van der Waals surface area contributed by atoms with Crippen LogP contribution in [-0.2, 0) is 9.59 Å². The zero-order chi connectivity index (χ0) is 18.3. The number of hydrogen-bond acceptors (Lipinski definition) is 6. The number of anilines is 2. The number of nitrogens with zero attached hydrogens (tertiary/aromatic N) is 5. The predicted octanol–water partition coefficient (Wildman–Crippen LogP) is 1.82. The van der Waals surface area contributed by atoms with E-state index in [-0.39, 0.29) is 24.1 Å². The van der Waals surface area contributed by atoms with Crippen LogP contribution in [0.3, 0.4) is 0 Å². The zero-order valence-electron chi connectivity index (χ0n) is 14.3. The maximum Gasteiger partial charge on any atom is 0.253 e. The quantitative estimate of drug-likeness (QED) is 0.709. The molecule has 3 aromatic rings. The van der Waals surface area contributed by atoms with Gasteiger partial charge in [0.05, 0.1) is 17.1 Å². The number of amides is 2. The van der Waals surface area contributed by atoms with E-state index in [0.717, 1.165) is 11.4 Å². The van der Waals surface area contributed by atoms with Gasteiger partial charge < -0.3 is 10.2 Å². The third-order valence-electron chi connectivity index (χ3n) is 4.00. The Kier molecular flexibility index (Phi) is 4.08. The van der Waals surface area contributed by atoms with Crippen LogP contribution in [0.2, 0.25) is 0 Å². The number of nitrogens with one attached hydrogen (secondary N) is 1. The van der Waals surface area contributed by atoms with E-state index in [2.05, 4.69) is 20.4 Å². The number of aromatic nitrogens is 4. The Bertz CT molecular complexity index is 1030. The number of thioether (sulfide) groups is 1. The van der Waals surface area contributed by atoms with E-state index in [0.29, 0.717) is 22.3 Å². The molecule has 1 aliphatic rings. The molecular weight excluding hydrogens is 352 g/mol. The minimum Gasteiger partial charge on any atom is -0.323 e. The molecule has 0 fully saturated rings. The molecule has 26 heavy (non-hydrogen) atoms. The molecule has 1 aliphatic heterocycles. The summed E-state index contributed by atoms with van der Waals surface area (Å²) in [6.45, 7) is 3.84. The van der Waals surface area contributed by atoms with E-state index < -0.39 is 0 Å². The molecule has 2 amide bonds. The van der Waals surface area contributed by atoms with Gasteiger partial charge in [-0.3, -0.25) is 9.59 Å². The topological polar surface area (TPSA) is 92.5 Å². The summed E-state index contributed by atoms with van der Waals surface area (Å²) < 4.78 is 1.66. The summed E-state index contributed by atoms with van der Waals surface area (Å²) in [5.41, 5.74) is 3.14. The van der Waals surface area contributed by atoms with E-state index in [1.165, 1.54) is 16.7 Å². The van der Waals surface area contributed by atoms with Crippen LogP contribution < -0.4 is 10.2 Å². The lowest BCUT2D eigenvalue weighted by Gasteiger charge is -2.28. The first-order valence-corrected chi connectivity index (χ1v) is 9.03. The SMILES string of the molecule is Cc1cc(C)n2nc(SCC(=O)N3CC(=O)Nc4ccccc43)nc2n1. The van der Waals surface area contributed by atoms with Gasteiger partial charge >= 0.3 is 0 Å². The van der Waals surface area contributed by atoms with Crippen LogP contribution in [0.15, 0.2) is 35.5 Å². The van der Waals surface area contributed by atoms with Gasteiger partial charge in [0.15, 0.2) is 0 Å². The fourth-order valence-corrected chi connectivity index (χ4v) is 3.56. The van der Waals surface area contributed by atoms with Gasteiger partial charge in [-0.05, 0) is 32.0 Å². The summed E-state index contributed by atoms with van der Waals surface area (Å²) in [5, 5.41) is 7.64. The molecule has 9 heteroatoms. The van der Waals surface area contributed by atoms with Crippen molar-refractivity contribution in [2.24, 2.45) is 0 Å². The number of carbonyl (C=O) groups is 2. The van der Waals surface area contributed by atoms with Crippen molar-refractivity contribution in [2.45, 2.75) is 19.0 Å². The highest BCUT2D eigenvalue weighted by Gasteiger charge is 2.26. The van der Waals surface area contributed by atoms with E-state index in [1.54, 1.807) is 10.6 Å². The maximum absolute atomic E-state index is 12.7. The molecule has 0 saturated carbocycles. The first kappa shape index (κ1) is 16.5. The lowest BCUT2D eigenvalue weighted by atomic mass is 10.2. The second kappa shape index (κ2) is 6.41. The number of para-hydroxylation sites is 2. The van der Waals surface area contributed by atoms with Crippen molar-refractivity contribution in [3.05, 3.63) is 41.7 Å². The predicted molar refractivity (Wildman–Crippen MR) is 98.4 cm³/mol. The molecule has 0 radical (unpaired) electrons. The van der Waals surface area contributed by atoms with Crippen molar-refractivity contribution in [1.29, 1.82) is 0 Å². The summed E-state index contributed by atoms with van der Waals surface area (Å²) in [6.07, 6.45) is 0. The van der Waals surface area contributed by atoms with Crippen molar-refractivity contribution in [2.75, 3.05) is 22.5 Å². The average Bonchev–Trinajstić information content (AvgIpc) is 3.02. The summed E-state index contributed by atoms with van der Waals surface area (Å²) in [6, 6.07) is 9.17. The smallest absolute Gasteiger partial charge is 0.253 e.